The zero-order chi connectivity index (χ0) is 20.1. The van der Waals surface area contributed by atoms with E-state index in [1.165, 1.54) is 12.8 Å². The van der Waals surface area contributed by atoms with E-state index in [4.69, 9.17) is 4.74 Å². The molecule has 1 aliphatic carbocycles. The molecule has 1 amide bonds. The summed E-state index contributed by atoms with van der Waals surface area (Å²) in [5.74, 6) is 2.60. The van der Waals surface area contributed by atoms with Crippen molar-refractivity contribution in [3.8, 4) is 5.75 Å². The van der Waals surface area contributed by atoms with Crippen molar-refractivity contribution in [3.05, 3.63) is 35.7 Å². The maximum absolute atomic E-state index is 12.5. The van der Waals surface area contributed by atoms with Crippen LogP contribution in [0.3, 0.4) is 0 Å². The summed E-state index contributed by atoms with van der Waals surface area (Å²) in [6.45, 7) is 1.99. The third-order valence-electron chi connectivity index (χ3n) is 5.88. The number of halogens is 1. The van der Waals surface area contributed by atoms with Crippen LogP contribution >= 0.6 is 12.4 Å². The summed E-state index contributed by atoms with van der Waals surface area (Å²) < 4.78 is 7.74. The van der Waals surface area contributed by atoms with Crippen molar-refractivity contribution in [1.29, 1.82) is 0 Å². The molecular formula is C22H32ClN5O2. The number of piperidine rings is 1. The highest BCUT2D eigenvalue weighted by molar-refractivity contribution is 5.89. The van der Waals surface area contributed by atoms with Crippen LogP contribution in [0.25, 0.3) is 0 Å². The van der Waals surface area contributed by atoms with Gasteiger partial charge in [0.1, 0.15) is 5.75 Å². The molecule has 1 aliphatic heterocycles. The number of benzene rings is 1. The Morgan fingerprint density at radius 3 is 2.77 bits per heavy atom. The second-order valence-corrected chi connectivity index (χ2v) is 8.16. The molecule has 2 heterocycles. The molecule has 7 nitrogen and oxygen atoms in total. The van der Waals surface area contributed by atoms with E-state index in [1.54, 1.807) is 4.68 Å². The summed E-state index contributed by atoms with van der Waals surface area (Å²) in [6.07, 6.45) is 8.30. The largest absolute Gasteiger partial charge is 0.490 e. The van der Waals surface area contributed by atoms with Gasteiger partial charge < -0.3 is 10.1 Å². The lowest BCUT2D eigenvalue weighted by Gasteiger charge is -2.19. The van der Waals surface area contributed by atoms with Crippen molar-refractivity contribution in [2.45, 2.75) is 63.4 Å². The number of rotatable bonds is 7. The Bertz CT molecular complexity index is 829. The fourth-order valence-corrected chi connectivity index (χ4v) is 4.18. The molecule has 2 aromatic rings. The molecular weight excluding hydrogens is 402 g/mol. The molecule has 0 spiro atoms. The van der Waals surface area contributed by atoms with Crippen LogP contribution < -0.4 is 15.4 Å². The van der Waals surface area contributed by atoms with Crippen LogP contribution in [0.15, 0.2) is 24.3 Å². The Hall–Kier alpha value is -2.12. The van der Waals surface area contributed by atoms with E-state index in [9.17, 15) is 4.79 Å². The van der Waals surface area contributed by atoms with Gasteiger partial charge in [-0.05, 0) is 75.7 Å². The maximum Gasteiger partial charge on any atom is 0.227 e. The van der Waals surface area contributed by atoms with Crippen LogP contribution in [0, 0.1) is 0 Å². The molecule has 1 aromatic heterocycles. The lowest BCUT2D eigenvalue weighted by molar-refractivity contribution is -0.116. The highest BCUT2D eigenvalue weighted by Gasteiger charge is 2.21. The smallest absolute Gasteiger partial charge is 0.227 e. The van der Waals surface area contributed by atoms with Gasteiger partial charge in [0, 0.05) is 19.4 Å². The monoisotopic (exact) mass is 433 g/mol. The number of aryl methyl sites for hydroxylation is 2. The predicted octanol–water partition coefficient (Wildman–Crippen LogP) is 3.60. The molecule has 1 aromatic carbocycles. The van der Waals surface area contributed by atoms with Gasteiger partial charge >= 0.3 is 0 Å². The summed E-state index contributed by atoms with van der Waals surface area (Å²) in [6, 6.07) is 8.12. The number of aromatic nitrogens is 3. The molecule has 30 heavy (non-hydrogen) atoms. The van der Waals surface area contributed by atoms with Crippen LogP contribution in [0.5, 0.6) is 5.75 Å². The third-order valence-corrected chi connectivity index (χ3v) is 5.88. The number of nitrogens with zero attached hydrogens (tertiary/aromatic N) is 3. The van der Waals surface area contributed by atoms with Crippen LogP contribution in [-0.4, -0.2) is 39.9 Å². The van der Waals surface area contributed by atoms with Crippen molar-refractivity contribution < 1.29 is 9.53 Å². The Balaban J connectivity index is 0.00000256. The van der Waals surface area contributed by atoms with Crippen molar-refractivity contribution >= 4 is 24.3 Å². The number of ether oxygens (including phenoxy) is 1. The molecule has 0 radical (unpaired) electrons. The summed E-state index contributed by atoms with van der Waals surface area (Å²) in [5, 5.41) is 10.8. The number of carbonyl (C=O) groups is 1. The first-order valence-corrected chi connectivity index (χ1v) is 10.8. The van der Waals surface area contributed by atoms with Gasteiger partial charge in [0.15, 0.2) is 5.82 Å². The lowest BCUT2D eigenvalue weighted by Crippen LogP contribution is -2.27. The van der Waals surface area contributed by atoms with E-state index in [0.717, 1.165) is 55.9 Å². The fraction of sp³-hybridized carbons (Fsp3) is 0.591. The summed E-state index contributed by atoms with van der Waals surface area (Å²) in [4.78, 5) is 17.0. The second kappa shape index (κ2) is 10.8. The number of hydrogen-bond acceptors (Lipinski definition) is 5. The minimum absolute atomic E-state index is 0. The first-order valence-electron chi connectivity index (χ1n) is 10.8. The Morgan fingerprint density at radius 1 is 1.23 bits per heavy atom. The molecule has 8 heteroatoms. The van der Waals surface area contributed by atoms with E-state index in [1.807, 2.05) is 25.2 Å². The predicted molar refractivity (Wildman–Crippen MR) is 119 cm³/mol. The molecule has 1 saturated carbocycles. The lowest BCUT2D eigenvalue weighted by atomic mass is 9.98. The Morgan fingerprint density at radius 2 is 2.00 bits per heavy atom. The number of hydrogen-bond donors (Lipinski definition) is 2. The Labute approximate surface area is 184 Å². The maximum atomic E-state index is 12.5. The second-order valence-electron chi connectivity index (χ2n) is 8.16. The Kier molecular flexibility index (Phi) is 8.10. The van der Waals surface area contributed by atoms with Gasteiger partial charge in [-0.15, -0.1) is 12.4 Å². The average molecular weight is 434 g/mol. The SMILES string of the molecule is Cl.Cn1nc(C2CCNCC2)nc1NC(=O)CCc1cccc(OC2CCCC2)c1. The fourth-order valence-electron chi connectivity index (χ4n) is 4.18. The molecule has 0 bridgehead atoms. The number of carbonyl (C=O) groups excluding carboxylic acids is 1. The van der Waals surface area contributed by atoms with Crippen LogP contribution in [-0.2, 0) is 18.3 Å². The molecule has 2 N–H and O–H groups in total. The standard InChI is InChI=1S/C22H31N5O2.ClH/c1-27-22(25-21(26-27)17-11-13-23-14-12-17)24-20(28)10-9-16-5-4-8-19(15-16)29-18-6-2-3-7-18;/h4-5,8,15,17-18,23H,2-3,6-7,9-14H2,1H3,(H,24,25,26,28);1H. The summed E-state index contributed by atoms with van der Waals surface area (Å²) in [5.41, 5.74) is 1.11. The first kappa shape index (κ1) is 22.6. The van der Waals surface area contributed by atoms with E-state index < -0.39 is 0 Å². The molecule has 2 fully saturated rings. The van der Waals surface area contributed by atoms with Crippen molar-refractivity contribution in [3.63, 3.8) is 0 Å². The van der Waals surface area contributed by atoms with E-state index in [2.05, 4.69) is 26.8 Å². The zero-order valence-electron chi connectivity index (χ0n) is 17.6. The van der Waals surface area contributed by atoms with Gasteiger partial charge in [0.05, 0.1) is 6.10 Å². The molecule has 4 rings (SSSR count). The molecule has 0 atom stereocenters. The normalized spacial score (nSPS) is 17.5. The van der Waals surface area contributed by atoms with Crippen molar-refractivity contribution in [2.75, 3.05) is 18.4 Å². The van der Waals surface area contributed by atoms with Gasteiger partial charge in [-0.1, -0.05) is 12.1 Å². The van der Waals surface area contributed by atoms with Gasteiger partial charge in [0.25, 0.3) is 0 Å². The first-order chi connectivity index (χ1) is 14.2. The van der Waals surface area contributed by atoms with Crippen LogP contribution in [0.4, 0.5) is 5.95 Å². The molecule has 2 aliphatic rings. The number of amides is 1. The van der Waals surface area contributed by atoms with Crippen LogP contribution in [0.1, 0.15) is 62.3 Å². The summed E-state index contributed by atoms with van der Waals surface area (Å²) >= 11 is 0. The van der Waals surface area contributed by atoms with Crippen LogP contribution in [0.2, 0.25) is 0 Å². The third kappa shape index (κ3) is 5.95. The highest BCUT2D eigenvalue weighted by atomic mass is 35.5. The molecule has 164 valence electrons. The van der Waals surface area contributed by atoms with Gasteiger partial charge in [-0.2, -0.15) is 10.1 Å². The molecule has 0 unspecified atom stereocenters. The quantitative estimate of drug-likeness (QED) is 0.697. The average Bonchev–Trinajstić information content (AvgIpc) is 3.37. The topological polar surface area (TPSA) is 81.1 Å². The minimum Gasteiger partial charge on any atom is -0.490 e. The number of anilines is 1. The highest BCUT2D eigenvalue weighted by Crippen LogP contribution is 2.25. The van der Waals surface area contributed by atoms with E-state index >= 15 is 0 Å². The number of nitrogens with one attached hydrogen (secondary N) is 2. The van der Waals surface area contributed by atoms with E-state index in [-0.39, 0.29) is 18.3 Å². The van der Waals surface area contributed by atoms with Gasteiger partial charge in [0.2, 0.25) is 11.9 Å². The minimum atomic E-state index is -0.0422. The zero-order valence-corrected chi connectivity index (χ0v) is 18.4. The summed E-state index contributed by atoms with van der Waals surface area (Å²) in [7, 11) is 1.83. The van der Waals surface area contributed by atoms with Gasteiger partial charge in [-0.3, -0.25) is 10.1 Å². The van der Waals surface area contributed by atoms with Crippen molar-refractivity contribution in [2.24, 2.45) is 7.05 Å². The molecule has 1 saturated heterocycles. The van der Waals surface area contributed by atoms with Gasteiger partial charge in [-0.25, -0.2) is 4.68 Å². The van der Waals surface area contributed by atoms with E-state index in [0.29, 0.717) is 30.8 Å². The van der Waals surface area contributed by atoms with Crippen molar-refractivity contribution in [1.82, 2.24) is 20.1 Å².